The van der Waals surface area contributed by atoms with E-state index in [1.165, 1.54) is 21.6 Å². The van der Waals surface area contributed by atoms with Crippen molar-refractivity contribution in [2.45, 2.75) is 37.7 Å². The van der Waals surface area contributed by atoms with Gasteiger partial charge in [-0.15, -0.1) is 11.8 Å². The normalized spacial score (nSPS) is 20.1. The molecule has 3 amide bonds. The summed E-state index contributed by atoms with van der Waals surface area (Å²) < 4.78 is 25.6. The molecule has 0 aliphatic carbocycles. The fourth-order valence-corrected chi connectivity index (χ4v) is 9.34. The summed E-state index contributed by atoms with van der Waals surface area (Å²) in [7, 11) is -3.86. The standard InChI is InChI=1S/C33H36N3O7PS/c1-3-42-29(37)20-35-32(40)28(22-45-33(35)24-15-9-6-10-16-24)34-44(41,43-4-2)21-25(19-23-13-7-5-8-14-23)36-30(38)26-17-11-12-18-27(26)31(36)39/h5-18,25,28,33H,3-4,19-22H2,1-2H3,(H,34,41)/t25?,28?,33-,44?/m1/s1. The average Bonchev–Trinajstić information content (AvgIpc) is 3.29. The van der Waals surface area contributed by atoms with Gasteiger partial charge in [0.05, 0.1) is 36.5 Å². The molecule has 0 bridgehead atoms. The molecule has 45 heavy (non-hydrogen) atoms. The number of hydrogen-bond donors (Lipinski definition) is 1. The van der Waals surface area contributed by atoms with Gasteiger partial charge in [-0.05, 0) is 43.5 Å². The Labute approximate surface area is 267 Å². The molecule has 1 N–H and O–H groups in total. The lowest BCUT2D eigenvalue weighted by atomic mass is 10.1. The fraction of sp³-hybridized carbons (Fsp3) is 0.333. The number of ether oxygens (including phenoxy) is 1. The molecule has 0 spiro atoms. The van der Waals surface area contributed by atoms with Crippen molar-refractivity contribution in [3.63, 3.8) is 0 Å². The van der Waals surface area contributed by atoms with E-state index in [4.69, 9.17) is 9.26 Å². The van der Waals surface area contributed by atoms with Crippen LogP contribution in [0, 0.1) is 0 Å². The minimum Gasteiger partial charge on any atom is -0.465 e. The van der Waals surface area contributed by atoms with Crippen LogP contribution in [0.3, 0.4) is 0 Å². The highest BCUT2D eigenvalue weighted by molar-refractivity contribution is 7.99. The largest absolute Gasteiger partial charge is 0.465 e. The molecule has 0 saturated carbocycles. The summed E-state index contributed by atoms with van der Waals surface area (Å²) >= 11 is 1.43. The van der Waals surface area contributed by atoms with E-state index in [0.29, 0.717) is 11.1 Å². The topological polar surface area (TPSA) is 122 Å². The van der Waals surface area contributed by atoms with Gasteiger partial charge in [-0.3, -0.25) is 28.6 Å². The molecule has 0 radical (unpaired) electrons. The number of benzene rings is 3. The number of fused-ring (bicyclic) bond motifs is 1. The highest BCUT2D eigenvalue weighted by Crippen LogP contribution is 2.47. The molecule has 1 saturated heterocycles. The van der Waals surface area contributed by atoms with Crippen LogP contribution < -0.4 is 5.09 Å². The summed E-state index contributed by atoms with van der Waals surface area (Å²) in [6.45, 7) is 3.35. The van der Waals surface area contributed by atoms with Crippen LogP contribution in [0.2, 0.25) is 0 Å². The molecule has 3 aromatic rings. The van der Waals surface area contributed by atoms with Crippen molar-refractivity contribution in [1.29, 1.82) is 0 Å². The smallest absolute Gasteiger partial charge is 0.325 e. The van der Waals surface area contributed by atoms with Crippen LogP contribution in [0.25, 0.3) is 0 Å². The third-order valence-electron chi connectivity index (χ3n) is 7.62. The first-order chi connectivity index (χ1) is 21.7. The maximum absolute atomic E-state index is 14.6. The summed E-state index contributed by atoms with van der Waals surface area (Å²) in [5.74, 6) is -1.64. The van der Waals surface area contributed by atoms with Crippen molar-refractivity contribution in [3.05, 3.63) is 107 Å². The number of nitrogens with one attached hydrogen (secondary N) is 1. The van der Waals surface area contributed by atoms with Crippen LogP contribution in [0.5, 0.6) is 0 Å². The molecule has 10 nitrogen and oxygen atoms in total. The van der Waals surface area contributed by atoms with Gasteiger partial charge in [-0.2, -0.15) is 0 Å². The van der Waals surface area contributed by atoms with Gasteiger partial charge >= 0.3 is 5.97 Å². The number of imide groups is 1. The molecule has 12 heteroatoms. The zero-order valence-corrected chi connectivity index (χ0v) is 26.9. The second-order valence-corrected chi connectivity index (χ2v) is 14.0. The third-order valence-corrected chi connectivity index (χ3v) is 11.3. The molecule has 3 aromatic carbocycles. The van der Waals surface area contributed by atoms with E-state index in [0.717, 1.165) is 11.1 Å². The minimum atomic E-state index is -3.86. The van der Waals surface area contributed by atoms with Crippen molar-refractivity contribution in [2.24, 2.45) is 0 Å². The maximum Gasteiger partial charge on any atom is 0.325 e. The Kier molecular flexibility index (Phi) is 10.6. The Hall–Kier alpha value is -3.76. The van der Waals surface area contributed by atoms with Crippen LogP contribution in [0.4, 0.5) is 0 Å². The quantitative estimate of drug-likeness (QED) is 0.156. The van der Waals surface area contributed by atoms with Crippen molar-refractivity contribution < 1.29 is 33.0 Å². The first kappa shape index (κ1) is 32.6. The summed E-state index contributed by atoms with van der Waals surface area (Å²) in [5, 5.41) is 2.55. The van der Waals surface area contributed by atoms with E-state index in [1.54, 1.807) is 38.1 Å². The lowest BCUT2D eigenvalue weighted by Gasteiger charge is -2.40. The number of carbonyl (C=O) groups is 4. The summed E-state index contributed by atoms with van der Waals surface area (Å²) in [6.07, 6.45) is 0.0269. The Morgan fingerprint density at radius 3 is 2.11 bits per heavy atom. The van der Waals surface area contributed by atoms with Gasteiger partial charge in [0.25, 0.3) is 19.3 Å². The number of amides is 3. The molecule has 5 rings (SSSR count). The van der Waals surface area contributed by atoms with E-state index >= 15 is 0 Å². The SMILES string of the molecule is CCOC(=O)CN1C(=O)C(NP(=O)(CC(Cc2ccccc2)N2C(=O)c3ccccc3C2=O)OCC)CS[C@@H]1c1ccccc1. The van der Waals surface area contributed by atoms with E-state index in [9.17, 15) is 23.7 Å². The second-order valence-electron chi connectivity index (χ2n) is 10.7. The molecule has 4 atom stereocenters. The molecule has 3 unspecified atom stereocenters. The molecular formula is C33H36N3O7PS. The Balaban J connectivity index is 1.43. The predicted octanol–water partition coefficient (Wildman–Crippen LogP) is 4.92. The van der Waals surface area contributed by atoms with Crippen LogP contribution in [0.1, 0.15) is 51.1 Å². The second kappa shape index (κ2) is 14.6. The number of rotatable bonds is 13. The zero-order chi connectivity index (χ0) is 32.0. The van der Waals surface area contributed by atoms with Gasteiger partial charge in [0, 0.05) is 5.75 Å². The Bertz CT molecular complexity index is 1550. The fourth-order valence-electron chi connectivity index (χ4n) is 5.69. The Morgan fingerprint density at radius 1 is 0.911 bits per heavy atom. The van der Waals surface area contributed by atoms with Crippen molar-refractivity contribution in [1.82, 2.24) is 14.9 Å². The first-order valence-corrected chi connectivity index (χ1v) is 17.8. The van der Waals surface area contributed by atoms with E-state index < -0.39 is 48.7 Å². The van der Waals surface area contributed by atoms with E-state index in [-0.39, 0.29) is 38.1 Å². The van der Waals surface area contributed by atoms with Gasteiger partial charge in [0.15, 0.2) is 0 Å². The highest BCUT2D eigenvalue weighted by atomic mass is 32.2. The third kappa shape index (κ3) is 7.39. The van der Waals surface area contributed by atoms with Gasteiger partial charge in [0.2, 0.25) is 5.91 Å². The van der Waals surface area contributed by atoms with Gasteiger partial charge < -0.3 is 14.2 Å². The van der Waals surface area contributed by atoms with Crippen molar-refractivity contribution in [3.8, 4) is 0 Å². The summed E-state index contributed by atoms with van der Waals surface area (Å²) in [6, 6.07) is 23.5. The molecule has 236 valence electrons. The molecule has 0 aromatic heterocycles. The first-order valence-electron chi connectivity index (χ1n) is 14.9. The molecule has 1 fully saturated rings. The minimum absolute atomic E-state index is 0.0671. The lowest BCUT2D eigenvalue weighted by molar-refractivity contribution is -0.150. The summed E-state index contributed by atoms with van der Waals surface area (Å²) in [4.78, 5) is 56.2. The van der Waals surface area contributed by atoms with Crippen LogP contribution >= 0.6 is 19.3 Å². The Morgan fingerprint density at radius 2 is 1.51 bits per heavy atom. The highest BCUT2D eigenvalue weighted by Gasteiger charge is 2.45. The number of nitrogens with zero attached hydrogens (tertiary/aromatic N) is 2. The predicted molar refractivity (Wildman–Crippen MR) is 172 cm³/mol. The lowest BCUT2D eigenvalue weighted by Crippen LogP contribution is -2.54. The van der Waals surface area contributed by atoms with Crippen molar-refractivity contribution >= 4 is 43.0 Å². The average molecular weight is 650 g/mol. The van der Waals surface area contributed by atoms with Crippen LogP contribution in [0.15, 0.2) is 84.9 Å². The zero-order valence-electron chi connectivity index (χ0n) is 25.2. The van der Waals surface area contributed by atoms with E-state index in [2.05, 4.69) is 5.09 Å². The number of esters is 1. The van der Waals surface area contributed by atoms with E-state index in [1.807, 2.05) is 60.7 Å². The van der Waals surface area contributed by atoms with Gasteiger partial charge in [0.1, 0.15) is 18.0 Å². The molecule has 2 aliphatic rings. The maximum atomic E-state index is 14.6. The molecule has 2 aliphatic heterocycles. The van der Waals surface area contributed by atoms with Crippen LogP contribution in [-0.2, 0) is 29.8 Å². The number of thioether (sulfide) groups is 1. The van der Waals surface area contributed by atoms with Gasteiger partial charge in [-0.25, -0.2) is 5.09 Å². The van der Waals surface area contributed by atoms with Crippen molar-refractivity contribution in [2.75, 3.05) is 31.7 Å². The monoisotopic (exact) mass is 649 g/mol. The molecule has 2 heterocycles. The van der Waals surface area contributed by atoms with Crippen LogP contribution in [-0.4, -0.2) is 77.2 Å². The molecular weight excluding hydrogens is 613 g/mol. The van der Waals surface area contributed by atoms with Gasteiger partial charge in [-0.1, -0.05) is 72.8 Å². The number of carbonyl (C=O) groups excluding carboxylic acids is 4. The summed E-state index contributed by atoms with van der Waals surface area (Å²) in [5.41, 5.74) is 2.28. The number of hydrogen-bond acceptors (Lipinski definition) is 8.